The molecule has 0 radical (unpaired) electrons. The highest BCUT2D eigenvalue weighted by molar-refractivity contribution is 7.52. The van der Waals surface area contributed by atoms with Crippen LogP contribution in [0.25, 0.3) is 0 Å². The molecule has 0 fully saturated rings. The van der Waals surface area contributed by atoms with Crippen LogP contribution in [0.5, 0.6) is 11.5 Å². The lowest BCUT2D eigenvalue weighted by Crippen LogP contribution is -1.90. The summed E-state index contributed by atoms with van der Waals surface area (Å²) in [5, 5.41) is 0. The third-order valence-corrected chi connectivity index (χ3v) is 1.87. The van der Waals surface area contributed by atoms with Crippen molar-refractivity contribution in [3.63, 3.8) is 0 Å². The summed E-state index contributed by atoms with van der Waals surface area (Å²) in [4.78, 5) is 8.93. The van der Waals surface area contributed by atoms with Crippen LogP contribution < -0.4 is 9.26 Å². The smallest absolute Gasteiger partial charge is 0.373 e. The molecule has 0 aliphatic heterocycles. The van der Waals surface area contributed by atoms with Crippen LogP contribution >= 0.6 is 7.60 Å². The number of hydrogen-bond donors (Lipinski definition) is 1. The molecule has 1 atom stereocenters. The van der Waals surface area contributed by atoms with Gasteiger partial charge in [0.05, 0.1) is 7.11 Å². The lowest BCUT2D eigenvalue weighted by molar-refractivity contribution is 0.383. The zero-order valence-corrected chi connectivity index (χ0v) is 8.32. The fraction of sp³-hybridized carbons (Fsp3) is 0.250. The first-order valence-electron chi connectivity index (χ1n) is 3.65. The molecule has 1 aromatic rings. The molecule has 1 aromatic carbocycles. The second-order valence-corrected chi connectivity index (χ2v) is 4.36. The third kappa shape index (κ3) is 3.49. The van der Waals surface area contributed by atoms with E-state index in [9.17, 15) is 4.57 Å². The summed E-state index contributed by atoms with van der Waals surface area (Å²) < 4.78 is 20.6. The van der Waals surface area contributed by atoms with Crippen LogP contribution in [0.15, 0.2) is 24.3 Å². The van der Waals surface area contributed by atoms with Crippen LogP contribution in [-0.4, -0.2) is 18.7 Å². The number of benzene rings is 1. The zero-order valence-electron chi connectivity index (χ0n) is 7.43. The predicted molar refractivity (Wildman–Crippen MR) is 49.4 cm³/mol. The Morgan fingerprint density at radius 1 is 1.38 bits per heavy atom. The minimum absolute atomic E-state index is 0.327. The van der Waals surface area contributed by atoms with E-state index in [1.807, 2.05) is 0 Å². The molecule has 0 spiro atoms. The Hall–Kier alpha value is -0.990. The lowest BCUT2D eigenvalue weighted by atomic mass is 10.3. The molecule has 0 aliphatic carbocycles. The van der Waals surface area contributed by atoms with Crippen LogP contribution in [0.2, 0.25) is 0 Å². The van der Waals surface area contributed by atoms with Gasteiger partial charge in [0.2, 0.25) is 0 Å². The van der Waals surface area contributed by atoms with Gasteiger partial charge in [0.25, 0.3) is 0 Å². The zero-order chi connectivity index (χ0) is 9.90. The standard InChI is InChI=1S/C8H11O4P/c1-11-7-4-3-5-8(6-7)12-13(2,9)10/h3-6H,1-2H3,(H,9,10). The van der Waals surface area contributed by atoms with Crippen LogP contribution in [0.1, 0.15) is 0 Å². The molecular weight excluding hydrogens is 191 g/mol. The average Bonchev–Trinajstić information content (AvgIpc) is 2.01. The fourth-order valence-electron chi connectivity index (χ4n) is 0.854. The van der Waals surface area contributed by atoms with E-state index in [1.54, 1.807) is 24.3 Å². The van der Waals surface area contributed by atoms with Crippen LogP contribution in [-0.2, 0) is 4.57 Å². The number of ether oxygens (including phenoxy) is 1. The SMILES string of the molecule is COc1cccc(OP(C)(=O)O)c1. The second kappa shape index (κ2) is 3.81. The van der Waals surface area contributed by atoms with E-state index in [-0.39, 0.29) is 0 Å². The van der Waals surface area contributed by atoms with Crippen molar-refractivity contribution in [1.82, 2.24) is 0 Å². The van der Waals surface area contributed by atoms with Crippen molar-refractivity contribution in [3.05, 3.63) is 24.3 Å². The fourth-order valence-corrected chi connectivity index (χ4v) is 1.36. The van der Waals surface area contributed by atoms with Gasteiger partial charge in [-0.2, -0.15) is 0 Å². The molecule has 1 unspecified atom stereocenters. The maximum atomic E-state index is 10.9. The van der Waals surface area contributed by atoms with E-state index in [2.05, 4.69) is 0 Å². The normalized spacial score (nSPS) is 14.7. The highest BCUT2D eigenvalue weighted by atomic mass is 31.2. The van der Waals surface area contributed by atoms with Crippen LogP contribution in [0.3, 0.4) is 0 Å². The highest BCUT2D eigenvalue weighted by Gasteiger charge is 2.11. The predicted octanol–water partition coefficient (Wildman–Crippen LogP) is 1.89. The van der Waals surface area contributed by atoms with Crippen molar-refractivity contribution in [2.75, 3.05) is 13.8 Å². The van der Waals surface area contributed by atoms with Crippen molar-refractivity contribution >= 4 is 7.60 Å². The number of rotatable bonds is 3. The topological polar surface area (TPSA) is 55.8 Å². The number of hydrogen-bond acceptors (Lipinski definition) is 3. The average molecular weight is 202 g/mol. The van der Waals surface area contributed by atoms with E-state index in [4.69, 9.17) is 14.2 Å². The summed E-state index contributed by atoms with van der Waals surface area (Å²) in [5.74, 6) is 0.915. The van der Waals surface area contributed by atoms with Gasteiger partial charge in [0, 0.05) is 12.7 Å². The first kappa shape index (κ1) is 10.1. The molecule has 1 N–H and O–H groups in total. The Morgan fingerprint density at radius 2 is 2.00 bits per heavy atom. The molecule has 0 saturated carbocycles. The van der Waals surface area contributed by atoms with Crippen LogP contribution in [0.4, 0.5) is 0 Å². The summed E-state index contributed by atoms with van der Waals surface area (Å²) in [7, 11) is -1.96. The van der Waals surface area contributed by atoms with Crippen molar-refractivity contribution in [1.29, 1.82) is 0 Å². The summed E-state index contributed by atoms with van der Waals surface area (Å²) in [6.45, 7) is 1.13. The first-order chi connectivity index (χ1) is 6.01. The molecule has 0 saturated heterocycles. The van der Waals surface area contributed by atoms with Gasteiger partial charge < -0.3 is 14.2 Å². The molecule has 0 aromatic heterocycles. The molecule has 13 heavy (non-hydrogen) atoms. The molecule has 0 aliphatic rings. The van der Waals surface area contributed by atoms with E-state index < -0.39 is 7.60 Å². The molecule has 72 valence electrons. The van der Waals surface area contributed by atoms with Crippen molar-refractivity contribution in [3.8, 4) is 11.5 Å². The minimum Gasteiger partial charge on any atom is -0.497 e. The maximum absolute atomic E-state index is 10.9. The van der Waals surface area contributed by atoms with Gasteiger partial charge in [-0.1, -0.05) is 6.07 Å². The van der Waals surface area contributed by atoms with Crippen molar-refractivity contribution in [2.24, 2.45) is 0 Å². The van der Waals surface area contributed by atoms with Gasteiger partial charge >= 0.3 is 7.60 Å². The van der Waals surface area contributed by atoms with Crippen molar-refractivity contribution in [2.45, 2.75) is 0 Å². The van der Waals surface area contributed by atoms with Gasteiger partial charge in [-0.15, -0.1) is 0 Å². The molecule has 1 rings (SSSR count). The Morgan fingerprint density at radius 3 is 2.54 bits per heavy atom. The Bertz CT molecular complexity index is 331. The van der Waals surface area contributed by atoms with E-state index in [0.29, 0.717) is 11.5 Å². The second-order valence-electron chi connectivity index (χ2n) is 2.57. The summed E-state index contributed by atoms with van der Waals surface area (Å²) >= 11 is 0. The molecule has 5 heteroatoms. The molecular formula is C8H11O4P. The van der Waals surface area contributed by atoms with Gasteiger partial charge in [-0.3, -0.25) is 0 Å². The minimum atomic E-state index is -3.47. The first-order valence-corrected chi connectivity index (χ1v) is 5.67. The lowest BCUT2D eigenvalue weighted by Gasteiger charge is -2.09. The number of methoxy groups -OCH3 is 1. The van der Waals surface area contributed by atoms with E-state index in [1.165, 1.54) is 7.11 Å². The van der Waals surface area contributed by atoms with Gasteiger partial charge in [-0.05, 0) is 12.1 Å². The van der Waals surface area contributed by atoms with Crippen molar-refractivity contribution < 1.29 is 18.7 Å². The maximum Gasteiger partial charge on any atom is 0.373 e. The van der Waals surface area contributed by atoms with Gasteiger partial charge in [0.1, 0.15) is 11.5 Å². The Kier molecular flexibility index (Phi) is 2.96. The monoisotopic (exact) mass is 202 g/mol. The summed E-state index contributed by atoms with van der Waals surface area (Å²) in [6.07, 6.45) is 0. The quantitative estimate of drug-likeness (QED) is 0.760. The largest absolute Gasteiger partial charge is 0.497 e. The third-order valence-electron chi connectivity index (χ3n) is 1.32. The highest BCUT2D eigenvalue weighted by Crippen LogP contribution is 2.38. The van der Waals surface area contributed by atoms with Crippen LogP contribution in [0, 0.1) is 0 Å². The molecule has 0 amide bonds. The molecule has 0 bridgehead atoms. The Labute approximate surface area is 76.6 Å². The van der Waals surface area contributed by atoms with E-state index >= 15 is 0 Å². The van der Waals surface area contributed by atoms with Gasteiger partial charge in [-0.25, -0.2) is 4.57 Å². The molecule has 4 nitrogen and oxygen atoms in total. The van der Waals surface area contributed by atoms with Gasteiger partial charge in [0.15, 0.2) is 0 Å². The summed E-state index contributed by atoms with van der Waals surface area (Å²) in [6, 6.07) is 6.55. The molecule has 0 heterocycles. The summed E-state index contributed by atoms with van der Waals surface area (Å²) in [5.41, 5.74) is 0. The van der Waals surface area contributed by atoms with E-state index in [0.717, 1.165) is 6.66 Å². The Balaban J connectivity index is 2.84.